The predicted molar refractivity (Wildman–Crippen MR) is 96.3 cm³/mol. The molecule has 0 aromatic rings. The number of rotatable bonds is 7. The van der Waals surface area contributed by atoms with Gasteiger partial charge in [-0.25, -0.2) is 13.6 Å². The van der Waals surface area contributed by atoms with Gasteiger partial charge in [0.15, 0.2) is 0 Å². The summed E-state index contributed by atoms with van der Waals surface area (Å²) in [5.41, 5.74) is 5.44. The summed E-state index contributed by atoms with van der Waals surface area (Å²) in [6.45, 7) is 3.44. The summed E-state index contributed by atoms with van der Waals surface area (Å²) in [4.78, 5) is 28.2. The number of hydrogen-bond donors (Lipinski definition) is 2. The molecule has 0 unspecified atom stereocenters. The van der Waals surface area contributed by atoms with Gasteiger partial charge in [0.05, 0.1) is 0 Å². The fourth-order valence-electron chi connectivity index (χ4n) is 4.62. The van der Waals surface area contributed by atoms with E-state index < -0.39 is 30.3 Å². The van der Waals surface area contributed by atoms with E-state index in [0.717, 1.165) is 44.8 Å². The van der Waals surface area contributed by atoms with E-state index in [0.29, 0.717) is 13.1 Å². The van der Waals surface area contributed by atoms with Crippen molar-refractivity contribution in [2.24, 2.45) is 17.1 Å². The van der Waals surface area contributed by atoms with E-state index in [-0.39, 0.29) is 17.8 Å². The minimum Gasteiger partial charge on any atom is -0.368 e. The van der Waals surface area contributed by atoms with Crippen molar-refractivity contribution in [1.82, 2.24) is 15.1 Å². The zero-order valence-corrected chi connectivity index (χ0v) is 15.8. The Morgan fingerprint density at radius 3 is 2.30 bits per heavy atom. The SMILES string of the molecule is NC(=O)[C@H](CC(F)(F)CC1CC1)NC(=O)N1CC2(CCN(C3CC3)CC2)C1. The molecule has 27 heavy (non-hydrogen) atoms. The lowest BCUT2D eigenvalue weighted by Crippen LogP contribution is -2.65. The van der Waals surface area contributed by atoms with Crippen LogP contribution < -0.4 is 11.1 Å². The summed E-state index contributed by atoms with van der Waals surface area (Å²) < 4.78 is 28.2. The molecule has 2 saturated carbocycles. The van der Waals surface area contributed by atoms with Crippen LogP contribution in [-0.4, -0.2) is 65.9 Å². The number of nitrogens with two attached hydrogens (primary N) is 1. The van der Waals surface area contributed by atoms with Gasteiger partial charge in [0.25, 0.3) is 5.92 Å². The van der Waals surface area contributed by atoms with Crippen molar-refractivity contribution < 1.29 is 18.4 Å². The third-order valence-corrected chi connectivity index (χ3v) is 6.69. The lowest BCUT2D eigenvalue weighted by molar-refractivity contribution is -0.123. The van der Waals surface area contributed by atoms with Gasteiger partial charge in [0, 0.05) is 37.4 Å². The molecule has 4 rings (SSSR count). The zero-order chi connectivity index (χ0) is 19.2. The fourth-order valence-corrected chi connectivity index (χ4v) is 4.62. The number of piperidine rings is 1. The van der Waals surface area contributed by atoms with Crippen molar-refractivity contribution in [3.63, 3.8) is 0 Å². The third kappa shape index (κ3) is 4.52. The Kier molecular flexibility index (Phi) is 4.81. The second-order valence-electron chi connectivity index (χ2n) is 9.24. The number of nitrogens with zero attached hydrogens (tertiary/aromatic N) is 2. The Balaban J connectivity index is 1.24. The van der Waals surface area contributed by atoms with Gasteiger partial charge in [-0.1, -0.05) is 0 Å². The Morgan fingerprint density at radius 1 is 1.15 bits per heavy atom. The van der Waals surface area contributed by atoms with E-state index in [1.54, 1.807) is 4.90 Å². The largest absolute Gasteiger partial charge is 0.368 e. The summed E-state index contributed by atoms with van der Waals surface area (Å²) >= 11 is 0. The first-order valence-electron chi connectivity index (χ1n) is 10.2. The smallest absolute Gasteiger partial charge is 0.318 e. The van der Waals surface area contributed by atoms with Crippen LogP contribution in [-0.2, 0) is 4.79 Å². The maximum Gasteiger partial charge on any atom is 0.318 e. The van der Waals surface area contributed by atoms with Crippen LogP contribution in [0.25, 0.3) is 0 Å². The Labute approximate surface area is 158 Å². The van der Waals surface area contributed by atoms with Crippen LogP contribution in [0.4, 0.5) is 13.6 Å². The highest BCUT2D eigenvalue weighted by Crippen LogP contribution is 2.43. The van der Waals surface area contributed by atoms with E-state index in [1.807, 2.05) is 0 Å². The number of amides is 3. The molecule has 3 amide bonds. The second-order valence-corrected chi connectivity index (χ2v) is 9.24. The van der Waals surface area contributed by atoms with Gasteiger partial charge in [0.2, 0.25) is 5.91 Å². The molecule has 1 atom stereocenters. The maximum absolute atomic E-state index is 14.1. The average molecular weight is 384 g/mol. The summed E-state index contributed by atoms with van der Waals surface area (Å²) in [6, 6.07) is -0.994. The van der Waals surface area contributed by atoms with Crippen LogP contribution in [0.1, 0.15) is 51.4 Å². The maximum atomic E-state index is 14.1. The topological polar surface area (TPSA) is 78.7 Å². The Bertz CT molecular complexity index is 591. The molecule has 0 bridgehead atoms. The quantitative estimate of drug-likeness (QED) is 0.704. The van der Waals surface area contributed by atoms with Crippen molar-refractivity contribution in [2.75, 3.05) is 26.2 Å². The molecule has 0 radical (unpaired) electrons. The van der Waals surface area contributed by atoms with E-state index in [9.17, 15) is 18.4 Å². The van der Waals surface area contributed by atoms with Crippen LogP contribution >= 0.6 is 0 Å². The van der Waals surface area contributed by atoms with Crippen LogP contribution in [0.2, 0.25) is 0 Å². The molecule has 0 aromatic heterocycles. The van der Waals surface area contributed by atoms with Crippen molar-refractivity contribution in [3.05, 3.63) is 0 Å². The number of carbonyl (C=O) groups excluding carboxylic acids is 2. The molecule has 2 aliphatic heterocycles. The van der Waals surface area contributed by atoms with Gasteiger partial charge >= 0.3 is 6.03 Å². The average Bonchev–Trinajstić information content (AvgIpc) is 3.45. The number of urea groups is 1. The number of likely N-dealkylation sites (tertiary alicyclic amines) is 2. The molecule has 2 heterocycles. The zero-order valence-electron chi connectivity index (χ0n) is 15.8. The highest BCUT2D eigenvalue weighted by atomic mass is 19.3. The minimum absolute atomic E-state index is 0.0426. The van der Waals surface area contributed by atoms with E-state index in [1.165, 1.54) is 12.8 Å². The summed E-state index contributed by atoms with van der Waals surface area (Å²) in [7, 11) is 0. The lowest BCUT2D eigenvalue weighted by atomic mass is 9.72. The lowest BCUT2D eigenvalue weighted by Gasteiger charge is -2.54. The van der Waals surface area contributed by atoms with Gasteiger partial charge in [0.1, 0.15) is 6.04 Å². The first kappa shape index (κ1) is 18.9. The summed E-state index contributed by atoms with van der Waals surface area (Å²) in [5.74, 6) is -3.83. The first-order chi connectivity index (χ1) is 12.8. The first-order valence-corrected chi connectivity index (χ1v) is 10.2. The fraction of sp³-hybridized carbons (Fsp3) is 0.895. The molecule has 4 fully saturated rings. The van der Waals surface area contributed by atoms with Crippen LogP contribution in [0, 0.1) is 11.3 Å². The molecule has 6 nitrogen and oxygen atoms in total. The van der Waals surface area contributed by atoms with Gasteiger partial charge in [-0.05, 0) is 57.5 Å². The molecule has 2 aliphatic carbocycles. The number of hydrogen-bond acceptors (Lipinski definition) is 3. The molecule has 4 aliphatic rings. The van der Waals surface area contributed by atoms with E-state index in [2.05, 4.69) is 10.2 Å². The molecule has 2 saturated heterocycles. The summed E-state index contributed by atoms with van der Waals surface area (Å²) in [5, 5.41) is 2.45. The van der Waals surface area contributed by atoms with Crippen LogP contribution in [0.3, 0.4) is 0 Å². The minimum atomic E-state index is -2.97. The second kappa shape index (κ2) is 6.87. The highest BCUT2D eigenvalue weighted by molar-refractivity contribution is 5.86. The Hall–Kier alpha value is -1.44. The Morgan fingerprint density at radius 2 is 1.78 bits per heavy atom. The van der Waals surface area contributed by atoms with E-state index >= 15 is 0 Å². The van der Waals surface area contributed by atoms with Crippen molar-refractivity contribution >= 4 is 11.9 Å². The van der Waals surface area contributed by atoms with Crippen molar-refractivity contribution in [2.45, 2.75) is 69.4 Å². The third-order valence-electron chi connectivity index (χ3n) is 6.69. The number of primary amides is 1. The van der Waals surface area contributed by atoms with Crippen LogP contribution in [0.15, 0.2) is 0 Å². The van der Waals surface area contributed by atoms with Gasteiger partial charge < -0.3 is 20.9 Å². The molecule has 0 aromatic carbocycles. The monoisotopic (exact) mass is 384 g/mol. The molecule has 8 heteroatoms. The standard InChI is InChI=1S/C19H30F2N4O2/c20-19(21,9-13-1-2-13)10-15(16(22)26)23-17(27)25-11-18(12-25)5-7-24(8-6-18)14-3-4-14/h13-15H,1-12H2,(H2,22,26)(H,23,27)/t15-/m0/s1. The van der Waals surface area contributed by atoms with Gasteiger partial charge in [-0.3, -0.25) is 4.79 Å². The van der Waals surface area contributed by atoms with Crippen molar-refractivity contribution in [3.8, 4) is 0 Å². The molecule has 152 valence electrons. The number of nitrogens with one attached hydrogen (secondary N) is 1. The van der Waals surface area contributed by atoms with E-state index in [4.69, 9.17) is 5.73 Å². The molecular formula is C19H30F2N4O2. The number of carbonyl (C=O) groups is 2. The summed E-state index contributed by atoms with van der Waals surface area (Å²) in [6.07, 6.45) is 5.46. The predicted octanol–water partition coefficient (Wildman–Crippen LogP) is 1.94. The van der Waals surface area contributed by atoms with Crippen LogP contribution in [0.5, 0.6) is 0 Å². The molecular weight excluding hydrogens is 354 g/mol. The number of halogens is 2. The van der Waals surface area contributed by atoms with Gasteiger partial charge in [-0.15, -0.1) is 0 Å². The highest BCUT2D eigenvalue weighted by Gasteiger charge is 2.49. The number of alkyl halides is 2. The van der Waals surface area contributed by atoms with Gasteiger partial charge in [-0.2, -0.15) is 0 Å². The molecule has 1 spiro atoms. The molecule has 3 N–H and O–H groups in total. The normalized spacial score (nSPS) is 26.5. The van der Waals surface area contributed by atoms with Crippen molar-refractivity contribution in [1.29, 1.82) is 0 Å².